The molecule has 0 saturated heterocycles. The third-order valence-electron chi connectivity index (χ3n) is 1.56. The van der Waals surface area contributed by atoms with Crippen LogP contribution in [0.1, 0.15) is 9.67 Å². The molecule has 0 N–H and O–H groups in total. The molecule has 0 radical (unpaired) electrons. The lowest BCUT2D eigenvalue weighted by Gasteiger charge is -1.85. The molecular weight excluding hydrogens is 238 g/mol. The molecule has 2 aromatic rings. The molecule has 0 aromatic carbocycles. The Kier molecular flexibility index (Phi) is 1.94. The summed E-state index contributed by atoms with van der Waals surface area (Å²) in [5.74, 6) is 0. The van der Waals surface area contributed by atoms with Crippen LogP contribution in [-0.4, -0.2) is 11.3 Å². The number of carbonyl (C=O) groups is 1. The van der Waals surface area contributed by atoms with Crippen molar-refractivity contribution in [2.75, 3.05) is 0 Å². The van der Waals surface area contributed by atoms with Crippen LogP contribution in [0.3, 0.4) is 0 Å². The van der Waals surface area contributed by atoms with Gasteiger partial charge in [0.1, 0.15) is 0 Å². The maximum Gasteiger partial charge on any atom is 0.161 e. The van der Waals surface area contributed by atoms with Gasteiger partial charge in [0.05, 0.1) is 4.88 Å². The maximum atomic E-state index is 10.6. The van der Waals surface area contributed by atoms with Crippen LogP contribution in [0.15, 0.2) is 22.9 Å². The minimum absolute atomic E-state index is 0.720. The molecule has 0 unspecified atom stereocenters. The normalized spacial score (nSPS) is 10.4. The lowest BCUT2D eigenvalue weighted by atomic mass is 10.3. The number of hydrogen-bond donors (Lipinski definition) is 0. The van der Waals surface area contributed by atoms with Gasteiger partial charge in [0.25, 0.3) is 0 Å². The average molecular weight is 242 g/mol. The Balaban J connectivity index is 2.87. The fraction of sp³-hybridized carbons (Fsp3) is 0. The summed E-state index contributed by atoms with van der Waals surface area (Å²) < 4.78 is 1.93. The Morgan fingerprint density at radius 1 is 1.58 bits per heavy atom. The first-order chi connectivity index (χ1) is 5.83. The van der Waals surface area contributed by atoms with Gasteiger partial charge in [-0.25, -0.2) is 0 Å². The third-order valence-corrected chi connectivity index (χ3v) is 3.77. The highest BCUT2D eigenvalue weighted by atomic mass is 79.9. The fourth-order valence-electron chi connectivity index (χ4n) is 1.01. The SMILES string of the molecule is O=Cc1sc2ccncc2c1Br. The van der Waals surface area contributed by atoms with E-state index in [-0.39, 0.29) is 0 Å². The van der Waals surface area contributed by atoms with Crippen molar-refractivity contribution in [2.24, 2.45) is 0 Å². The van der Waals surface area contributed by atoms with E-state index in [0.29, 0.717) is 0 Å². The number of halogens is 1. The number of hydrogen-bond acceptors (Lipinski definition) is 3. The summed E-state index contributed by atoms with van der Waals surface area (Å²) in [6.45, 7) is 0. The number of aromatic nitrogens is 1. The number of aldehydes is 1. The molecule has 0 bridgehead atoms. The molecule has 0 amide bonds. The molecule has 0 saturated carbocycles. The number of pyridine rings is 1. The molecule has 4 heteroatoms. The van der Waals surface area contributed by atoms with Gasteiger partial charge in [0.15, 0.2) is 6.29 Å². The first kappa shape index (κ1) is 7.89. The van der Waals surface area contributed by atoms with Crippen molar-refractivity contribution in [2.45, 2.75) is 0 Å². The van der Waals surface area contributed by atoms with Crippen molar-refractivity contribution < 1.29 is 4.79 Å². The highest BCUT2D eigenvalue weighted by Gasteiger charge is 2.07. The van der Waals surface area contributed by atoms with Crippen LogP contribution in [0.25, 0.3) is 10.1 Å². The molecule has 0 aliphatic carbocycles. The van der Waals surface area contributed by atoms with Gasteiger partial charge in [0, 0.05) is 27.0 Å². The minimum Gasteiger partial charge on any atom is -0.297 e. The van der Waals surface area contributed by atoms with Crippen molar-refractivity contribution in [1.29, 1.82) is 0 Å². The molecule has 2 heterocycles. The molecule has 0 fully saturated rings. The number of thiophene rings is 1. The van der Waals surface area contributed by atoms with Gasteiger partial charge in [-0.05, 0) is 22.0 Å². The first-order valence-electron chi connectivity index (χ1n) is 3.30. The standard InChI is InChI=1S/C8H4BrNOS/c9-8-5-3-10-2-1-6(5)12-7(8)4-11/h1-4H. The molecule has 0 aliphatic rings. The quantitative estimate of drug-likeness (QED) is 0.719. The van der Waals surface area contributed by atoms with Gasteiger partial charge in [-0.15, -0.1) is 11.3 Å². The van der Waals surface area contributed by atoms with Crippen molar-refractivity contribution in [3.63, 3.8) is 0 Å². The van der Waals surface area contributed by atoms with Gasteiger partial charge >= 0.3 is 0 Å². The summed E-state index contributed by atoms with van der Waals surface area (Å²) >= 11 is 4.82. The smallest absolute Gasteiger partial charge is 0.161 e. The van der Waals surface area contributed by atoms with Crippen LogP contribution < -0.4 is 0 Å². The molecular formula is C8H4BrNOS. The average Bonchev–Trinajstić information content (AvgIpc) is 2.44. The Morgan fingerprint density at radius 3 is 3.08 bits per heavy atom. The Morgan fingerprint density at radius 2 is 2.42 bits per heavy atom. The first-order valence-corrected chi connectivity index (χ1v) is 4.91. The third kappa shape index (κ3) is 1.07. The zero-order valence-corrected chi connectivity index (χ0v) is 8.35. The molecule has 2 aromatic heterocycles. The molecule has 2 rings (SSSR count). The van der Waals surface area contributed by atoms with Crippen molar-refractivity contribution >= 4 is 43.6 Å². The number of fused-ring (bicyclic) bond motifs is 1. The summed E-state index contributed by atoms with van der Waals surface area (Å²) in [7, 11) is 0. The second-order valence-electron chi connectivity index (χ2n) is 2.27. The molecule has 2 nitrogen and oxygen atoms in total. The second kappa shape index (κ2) is 2.95. The zero-order chi connectivity index (χ0) is 8.55. The fourth-order valence-corrected chi connectivity index (χ4v) is 2.67. The predicted octanol–water partition coefficient (Wildman–Crippen LogP) is 2.87. The number of carbonyl (C=O) groups excluding carboxylic acids is 1. The second-order valence-corrected chi connectivity index (χ2v) is 4.15. The number of nitrogens with zero attached hydrogens (tertiary/aromatic N) is 1. The van der Waals surface area contributed by atoms with Crippen LogP contribution in [-0.2, 0) is 0 Å². The van der Waals surface area contributed by atoms with E-state index < -0.39 is 0 Å². The van der Waals surface area contributed by atoms with E-state index in [2.05, 4.69) is 20.9 Å². The summed E-state index contributed by atoms with van der Waals surface area (Å²) in [5.41, 5.74) is 0. The van der Waals surface area contributed by atoms with E-state index in [9.17, 15) is 4.79 Å². The van der Waals surface area contributed by atoms with Crippen LogP contribution in [0, 0.1) is 0 Å². The predicted molar refractivity (Wildman–Crippen MR) is 52.7 cm³/mol. The van der Waals surface area contributed by atoms with E-state index in [4.69, 9.17) is 0 Å². The van der Waals surface area contributed by atoms with Gasteiger partial charge < -0.3 is 0 Å². The summed E-state index contributed by atoms with van der Waals surface area (Å²) in [4.78, 5) is 15.3. The Labute approximate surface area is 81.4 Å². The summed E-state index contributed by atoms with van der Waals surface area (Å²) in [6.07, 6.45) is 4.33. The van der Waals surface area contributed by atoms with Gasteiger partial charge in [-0.3, -0.25) is 9.78 Å². The minimum atomic E-state index is 0.720. The van der Waals surface area contributed by atoms with Gasteiger partial charge in [-0.2, -0.15) is 0 Å². The largest absolute Gasteiger partial charge is 0.297 e. The van der Waals surface area contributed by atoms with E-state index in [1.165, 1.54) is 11.3 Å². The highest BCUT2D eigenvalue weighted by Crippen LogP contribution is 2.33. The lowest BCUT2D eigenvalue weighted by molar-refractivity contribution is 0.112. The summed E-state index contributed by atoms with van der Waals surface area (Å²) in [5, 5.41) is 1.00. The lowest BCUT2D eigenvalue weighted by Crippen LogP contribution is -1.71. The molecule has 0 aliphatic heterocycles. The number of rotatable bonds is 1. The maximum absolute atomic E-state index is 10.6. The van der Waals surface area contributed by atoms with Crippen LogP contribution in [0.5, 0.6) is 0 Å². The van der Waals surface area contributed by atoms with Gasteiger partial charge in [0.2, 0.25) is 0 Å². The van der Waals surface area contributed by atoms with Crippen LogP contribution in [0.4, 0.5) is 0 Å². The zero-order valence-electron chi connectivity index (χ0n) is 5.95. The van der Waals surface area contributed by atoms with Crippen molar-refractivity contribution in [1.82, 2.24) is 4.98 Å². The monoisotopic (exact) mass is 241 g/mol. The van der Waals surface area contributed by atoms with E-state index in [1.807, 2.05) is 6.07 Å². The molecule has 60 valence electrons. The van der Waals surface area contributed by atoms with Crippen molar-refractivity contribution in [3.05, 3.63) is 27.8 Å². The van der Waals surface area contributed by atoms with E-state index >= 15 is 0 Å². The molecule has 0 atom stereocenters. The van der Waals surface area contributed by atoms with E-state index in [0.717, 1.165) is 25.7 Å². The Bertz CT molecular complexity index is 438. The van der Waals surface area contributed by atoms with Crippen molar-refractivity contribution in [3.8, 4) is 0 Å². The molecule has 0 spiro atoms. The molecule has 12 heavy (non-hydrogen) atoms. The van der Waals surface area contributed by atoms with Gasteiger partial charge in [-0.1, -0.05) is 0 Å². The van der Waals surface area contributed by atoms with Crippen LogP contribution in [0.2, 0.25) is 0 Å². The highest BCUT2D eigenvalue weighted by molar-refractivity contribution is 9.10. The van der Waals surface area contributed by atoms with Crippen LogP contribution >= 0.6 is 27.3 Å². The summed E-state index contributed by atoms with van der Waals surface area (Å²) in [6, 6.07) is 1.90. The van der Waals surface area contributed by atoms with E-state index in [1.54, 1.807) is 12.4 Å². The topological polar surface area (TPSA) is 30.0 Å². The Hall–Kier alpha value is -0.740.